The predicted octanol–water partition coefficient (Wildman–Crippen LogP) is 4.67. The topological polar surface area (TPSA) is 163 Å². The molecule has 286 valence electrons. The molecule has 0 aromatic heterocycles. The van der Waals surface area contributed by atoms with Gasteiger partial charge in [-0.15, -0.1) is 6.58 Å². The molecule has 1 aliphatic heterocycles. The van der Waals surface area contributed by atoms with Crippen LogP contribution in [0, 0.1) is 28.6 Å². The molecule has 2 aliphatic carbocycles. The number of para-hydroxylation sites is 1. The van der Waals surface area contributed by atoms with Crippen molar-refractivity contribution in [3.8, 4) is 5.75 Å². The Kier molecular flexibility index (Phi) is 13.7. The van der Waals surface area contributed by atoms with E-state index in [2.05, 4.69) is 27.8 Å². The number of ether oxygens (including phenoxy) is 1. The van der Waals surface area contributed by atoms with Crippen molar-refractivity contribution in [3.63, 3.8) is 0 Å². The molecule has 0 bridgehead atoms. The average Bonchev–Trinajstić information content (AvgIpc) is 3.80. The highest BCUT2D eigenvalue weighted by molar-refractivity contribution is 6.38. The molecule has 1 saturated heterocycles. The normalized spacial score (nSPS) is 21.6. The Balaban J connectivity index is 1.58. The molecule has 3 aliphatic rings. The van der Waals surface area contributed by atoms with Gasteiger partial charge in [-0.1, -0.05) is 97.9 Å². The number of carbonyl (C=O) groups excluding carboxylic acids is 6. The van der Waals surface area contributed by atoms with Gasteiger partial charge in [-0.3, -0.25) is 24.0 Å². The van der Waals surface area contributed by atoms with Crippen LogP contribution in [0.1, 0.15) is 99.3 Å². The molecule has 1 aromatic rings. The Morgan fingerprint density at radius 3 is 2.19 bits per heavy atom. The first-order valence-electron chi connectivity index (χ1n) is 18.9. The summed E-state index contributed by atoms with van der Waals surface area (Å²) in [5.74, 6) is -2.52. The summed E-state index contributed by atoms with van der Waals surface area (Å²) in [5.41, 5.74) is -1.36. The number of hydrogen-bond donors (Lipinski definition) is 4. The fourth-order valence-corrected chi connectivity index (χ4v) is 7.67. The Morgan fingerprint density at radius 2 is 1.62 bits per heavy atom. The van der Waals surface area contributed by atoms with Crippen LogP contribution in [-0.2, 0) is 24.0 Å². The SMILES string of the molecule is C=CCNC(=O)C(=O)C(CC1CC1)NC(=O)[C@@H]1[C@@H](C(C)C)CCN1C(=O)[C@@H](NC(=O)[C@@H](NC(=O)Oc1ccccc1)C1(C)CCCCC1)C(C)(C)C. The van der Waals surface area contributed by atoms with Crippen LogP contribution in [0.2, 0.25) is 0 Å². The zero-order chi connectivity index (χ0) is 38.2. The summed E-state index contributed by atoms with van der Waals surface area (Å²) in [6.07, 6.45) is 7.71. The molecule has 0 spiro atoms. The van der Waals surface area contributed by atoms with Crippen molar-refractivity contribution in [2.75, 3.05) is 13.1 Å². The number of Topliss-reactive ketones (excluding diaryl/α,β-unsaturated/α-hetero) is 1. The van der Waals surface area contributed by atoms with Gasteiger partial charge in [0, 0.05) is 13.1 Å². The minimum atomic E-state index is -1.04. The molecule has 1 heterocycles. The molecule has 3 fully saturated rings. The van der Waals surface area contributed by atoms with Crippen molar-refractivity contribution in [1.82, 2.24) is 26.2 Å². The maximum Gasteiger partial charge on any atom is 0.413 e. The zero-order valence-corrected chi connectivity index (χ0v) is 31.8. The van der Waals surface area contributed by atoms with Gasteiger partial charge in [0.05, 0.1) is 6.04 Å². The number of benzene rings is 1. The first-order chi connectivity index (χ1) is 24.6. The minimum absolute atomic E-state index is 0.0279. The summed E-state index contributed by atoms with van der Waals surface area (Å²) in [4.78, 5) is 83.8. The molecule has 1 aromatic carbocycles. The molecule has 12 nitrogen and oxygen atoms in total. The lowest BCUT2D eigenvalue weighted by Crippen LogP contribution is -2.63. The Labute approximate surface area is 308 Å². The maximum atomic E-state index is 14.7. The third-order valence-electron chi connectivity index (χ3n) is 11.0. The van der Waals surface area contributed by atoms with E-state index in [1.807, 2.05) is 47.6 Å². The van der Waals surface area contributed by atoms with E-state index < -0.39 is 70.5 Å². The minimum Gasteiger partial charge on any atom is -0.410 e. The molecule has 5 atom stereocenters. The molecule has 12 heteroatoms. The van der Waals surface area contributed by atoms with E-state index in [1.54, 1.807) is 24.3 Å². The summed E-state index contributed by atoms with van der Waals surface area (Å²) < 4.78 is 5.51. The standard InChI is InChI=1S/C40H59N5O7/c1-8-22-41-35(48)31(46)29(24-26-17-18-26)42-34(47)30-28(25(2)3)19-23-45(30)37(50)33(39(4,5)6)43-36(49)32(40(7)20-13-10-14-21-40)44-38(51)52-27-15-11-9-12-16-27/h8-9,11-12,15-16,25-26,28-30,32-33H,1,10,13-14,17-24H2,2-7H3,(H,41,48)(H,42,47)(H,43,49)(H,44,51)/t28-,29?,30+,32-,33-/m1/s1. The van der Waals surface area contributed by atoms with Crippen LogP contribution in [0.15, 0.2) is 43.0 Å². The second-order valence-electron chi connectivity index (χ2n) is 16.6. The molecule has 52 heavy (non-hydrogen) atoms. The summed E-state index contributed by atoms with van der Waals surface area (Å²) in [6.45, 7) is 15.5. The van der Waals surface area contributed by atoms with Crippen LogP contribution in [-0.4, -0.2) is 77.7 Å². The number of likely N-dealkylation sites (tertiary alicyclic amines) is 1. The molecule has 0 radical (unpaired) electrons. The van der Waals surface area contributed by atoms with Gasteiger partial charge in [-0.25, -0.2) is 4.79 Å². The van der Waals surface area contributed by atoms with Crippen molar-refractivity contribution < 1.29 is 33.5 Å². The van der Waals surface area contributed by atoms with Gasteiger partial charge in [0.15, 0.2) is 0 Å². The predicted molar refractivity (Wildman–Crippen MR) is 198 cm³/mol. The molecular formula is C40H59N5O7. The zero-order valence-electron chi connectivity index (χ0n) is 31.8. The summed E-state index contributed by atoms with van der Waals surface area (Å²) in [7, 11) is 0. The Bertz CT molecular complexity index is 1460. The fourth-order valence-electron chi connectivity index (χ4n) is 7.67. The summed E-state index contributed by atoms with van der Waals surface area (Å²) in [6, 6.07) is 4.65. The van der Waals surface area contributed by atoms with Crippen LogP contribution in [0.3, 0.4) is 0 Å². The van der Waals surface area contributed by atoms with E-state index in [9.17, 15) is 28.8 Å². The Hall–Kier alpha value is -4.22. The first kappa shape index (κ1) is 40.5. The van der Waals surface area contributed by atoms with E-state index in [4.69, 9.17) is 4.74 Å². The molecular weight excluding hydrogens is 662 g/mol. The summed E-state index contributed by atoms with van der Waals surface area (Å²) in [5, 5.41) is 11.2. The Morgan fingerprint density at radius 1 is 0.962 bits per heavy atom. The molecule has 5 amide bonds. The quantitative estimate of drug-likeness (QED) is 0.151. The first-order valence-corrected chi connectivity index (χ1v) is 18.9. The number of amides is 5. The number of hydrogen-bond acceptors (Lipinski definition) is 7. The van der Waals surface area contributed by atoms with Gasteiger partial charge in [0.2, 0.25) is 23.5 Å². The van der Waals surface area contributed by atoms with Crippen LogP contribution in [0.25, 0.3) is 0 Å². The van der Waals surface area contributed by atoms with E-state index in [0.29, 0.717) is 31.4 Å². The number of rotatable bonds is 15. The number of nitrogens with zero attached hydrogens (tertiary/aromatic N) is 1. The van der Waals surface area contributed by atoms with Gasteiger partial charge in [0.25, 0.3) is 5.91 Å². The van der Waals surface area contributed by atoms with Gasteiger partial charge in [0.1, 0.15) is 23.9 Å². The van der Waals surface area contributed by atoms with E-state index in [0.717, 1.165) is 32.1 Å². The van der Waals surface area contributed by atoms with Crippen LogP contribution < -0.4 is 26.0 Å². The van der Waals surface area contributed by atoms with Crippen LogP contribution in [0.4, 0.5) is 4.79 Å². The lowest BCUT2D eigenvalue weighted by Gasteiger charge is -2.42. The highest BCUT2D eigenvalue weighted by atomic mass is 16.6. The fraction of sp³-hybridized carbons (Fsp3) is 0.650. The van der Waals surface area contributed by atoms with Crippen molar-refractivity contribution in [1.29, 1.82) is 0 Å². The van der Waals surface area contributed by atoms with E-state index in [-0.39, 0.29) is 30.8 Å². The van der Waals surface area contributed by atoms with Crippen LogP contribution >= 0.6 is 0 Å². The van der Waals surface area contributed by atoms with Gasteiger partial charge in [-0.05, 0) is 66.4 Å². The van der Waals surface area contributed by atoms with E-state index >= 15 is 0 Å². The highest BCUT2D eigenvalue weighted by Crippen LogP contribution is 2.40. The molecule has 1 unspecified atom stereocenters. The third-order valence-corrected chi connectivity index (χ3v) is 11.0. The number of ketones is 1. The third kappa shape index (κ3) is 10.4. The smallest absolute Gasteiger partial charge is 0.410 e. The monoisotopic (exact) mass is 721 g/mol. The van der Waals surface area contributed by atoms with Gasteiger partial charge in [-0.2, -0.15) is 0 Å². The average molecular weight is 722 g/mol. The van der Waals surface area contributed by atoms with Crippen molar-refractivity contribution >= 4 is 35.5 Å². The maximum absolute atomic E-state index is 14.7. The second-order valence-corrected chi connectivity index (χ2v) is 16.6. The van der Waals surface area contributed by atoms with Crippen molar-refractivity contribution in [3.05, 3.63) is 43.0 Å². The van der Waals surface area contributed by atoms with E-state index in [1.165, 1.54) is 11.0 Å². The second kappa shape index (κ2) is 17.5. The van der Waals surface area contributed by atoms with Gasteiger partial charge < -0.3 is 30.9 Å². The molecule has 2 saturated carbocycles. The number of nitrogens with one attached hydrogen (secondary N) is 4. The van der Waals surface area contributed by atoms with Crippen molar-refractivity contribution in [2.24, 2.45) is 28.6 Å². The largest absolute Gasteiger partial charge is 0.413 e. The molecule has 4 N–H and O–H groups in total. The number of carbonyl (C=O) groups is 6. The van der Waals surface area contributed by atoms with Crippen molar-refractivity contribution in [2.45, 2.75) is 123 Å². The molecule has 4 rings (SSSR count). The lowest BCUT2D eigenvalue weighted by atomic mass is 9.70. The lowest BCUT2D eigenvalue weighted by molar-refractivity contribution is -0.146. The van der Waals surface area contributed by atoms with Gasteiger partial charge >= 0.3 is 6.09 Å². The highest BCUT2D eigenvalue weighted by Gasteiger charge is 2.49. The van der Waals surface area contributed by atoms with Crippen LogP contribution in [0.5, 0.6) is 5.75 Å². The summed E-state index contributed by atoms with van der Waals surface area (Å²) >= 11 is 0.